The van der Waals surface area contributed by atoms with Crippen molar-refractivity contribution in [3.8, 4) is 11.3 Å². The van der Waals surface area contributed by atoms with Crippen LogP contribution in [0.3, 0.4) is 0 Å². The molecule has 0 fully saturated rings. The molecule has 5 rings (SSSR count). The van der Waals surface area contributed by atoms with Gasteiger partial charge in [0.1, 0.15) is 0 Å². The first kappa shape index (κ1) is 15.8. The van der Waals surface area contributed by atoms with Gasteiger partial charge >= 0.3 is 0 Å². The van der Waals surface area contributed by atoms with Gasteiger partial charge in [-0.15, -0.1) is 0 Å². The maximum absolute atomic E-state index is 2.34. The van der Waals surface area contributed by atoms with Crippen LogP contribution >= 0.6 is 0 Å². The number of hydrogen-bond acceptors (Lipinski definition) is 0. The second-order valence-corrected chi connectivity index (χ2v) is 6.89. The van der Waals surface area contributed by atoms with Crippen molar-refractivity contribution < 1.29 is 4.57 Å². The second kappa shape index (κ2) is 6.69. The molecule has 0 aliphatic heterocycles. The Morgan fingerprint density at radius 2 is 1.22 bits per heavy atom. The zero-order valence-electron chi connectivity index (χ0n) is 15.0. The molecule has 0 unspecified atom stereocenters. The third-order valence-electron chi connectivity index (χ3n) is 5.18. The maximum Gasteiger partial charge on any atom is 0.213 e. The van der Waals surface area contributed by atoms with E-state index in [1.165, 1.54) is 38.4 Å². The van der Waals surface area contributed by atoms with Crippen molar-refractivity contribution in [1.82, 2.24) is 0 Å². The Hall–Kier alpha value is -3.45. The van der Waals surface area contributed by atoms with Gasteiger partial charge < -0.3 is 0 Å². The van der Waals surface area contributed by atoms with Gasteiger partial charge in [0.15, 0.2) is 12.7 Å². The van der Waals surface area contributed by atoms with Crippen molar-refractivity contribution >= 4 is 21.5 Å². The normalized spacial score (nSPS) is 11.1. The minimum Gasteiger partial charge on any atom is -0.194 e. The summed E-state index contributed by atoms with van der Waals surface area (Å²) in [6.45, 7) is 0.859. The van der Waals surface area contributed by atoms with E-state index >= 15 is 0 Å². The molecule has 1 heteroatoms. The molecule has 0 saturated heterocycles. The summed E-state index contributed by atoms with van der Waals surface area (Å²) in [5, 5.41) is 5.19. The lowest BCUT2D eigenvalue weighted by molar-refractivity contribution is -0.677. The summed E-state index contributed by atoms with van der Waals surface area (Å²) in [5.74, 6) is 0. The average molecular weight is 346 g/mol. The zero-order chi connectivity index (χ0) is 18.1. The molecule has 1 nitrogen and oxygen atoms in total. The minimum atomic E-state index is 0.859. The first-order chi connectivity index (χ1) is 13.4. The smallest absolute Gasteiger partial charge is 0.194 e. The molecule has 128 valence electrons. The minimum absolute atomic E-state index is 0.859. The van der Waals surface area contributed by atoms with Crippen LogP contribution in [0.2, 0.25) is 0 Å². The van der Waals surface area contributed by atoms with Crippen LogP contribution in [0.4, 0.5) is 0 Å². The van der Waals surface area contributed by atoms with Gasteiger partial charge in [-0.3, -0.25) is 0 Å². The Morgan fingerprint density at radius 3 is 2.07 bits per heavy atom. The molecular weight excluding hydrogens is 326 g/mol. The van der Waals surface area contributed by atoms with Crippen molar-refractivity contribution in [3.63, 3.8) is 0 Å². The van der Waals surface area contributed by atoms with Crippen LogP contribution in [-0.2, 0) is 6.54 Å². The molecule has 0 atom stereocenters. The highest BCUT2D eigenvalue weighted by Crippen LogP contribution is 2.33. The highest BCUT2D eigenvalue weighted by molar-refractivity contribution is 6.13. The fraction of sp³-hybridized carbons (Fsp3) is 0.0385. The van der Waals surface area contributed by atoms with Gasteiger partial charge in [0.25, 0.3) is 0 Å². The Kier molecular flexibility index (Phi) is 3.91. The van der Waals surface area contributed by atoms with E-state index in [2.05, 4.69) is 114 Å². The summed E-state index contributed by atoms with van der Waals surface area (Å²) in [5.41, 5.74) is 3.82. The van der Waals surface area contributed by atoms with E-state index in [1.807, 2.05) is 0 Å². The molecule has 1 aromatic heterocycles. The molecule has 0 amide bonds. The van der Waals surface area contributed by atoms with Crippen LogP contribution in [-0.4, -0.2) is 0 Å². The van der Waals surface area contributed by atoms with Crippen molar-refractivity contribution in [2.45, 2.75) is 6.54 Å². The van der Waals surface area contributed by atoms with Gasteiger partial charge in [-0.05, 0) is 33.7 Å². The molecule has 0 radical (unpaired) electrons. The lowest BCUT2D eigenvalue weighted by Crippen LogP contribution is -2.36. The molecule has 4 aromatic carbocycles. The molecule has 0 aliphatic rings. The average Bonchev–Trinajstić information content (AvgIpc) is 2.74. The fourth-order valence-electron chi connectivity index (χ4n) is 3.90. The van der Waals surface area contributed by atoms with E-state index in [-0.39, 0.29) is 0 Å². The fourth-order valence-corrected chi connectivity index (χ4v) is 3.90. The lowest BCUT2D eigenvalue weighted by Gasteiger charge is -2.10. The highest BCUT2D eigenvalue weighted by atomic mass is 15.0. The first-order valence-corrected chi connectivity index (χ1v) is 9.33. The van der Waals surface area contributed by atoms with Gasteiger partial charge in [-0.1, -0.05) is 78.9 Å². The Bertz CT molecular complexity index is 1240. The standard InChI is InChI=1S/C26H20N/c1-2-10-20(11-3-1)19-27-17-9-8-16-26(27)25-18-21-12-4-5-13-22(21)23-14-6-7-15-24(23)25/h1-18H,19H2/q+1. The third-order valence-corrected chi connectivity index (χ3v) is 5.18. The zero-order valence-corrected chi connectivity index (χ0v) is 15.0. The summed E-state index contributed by atoms with van der Waals surface area (Å²) < 4.78 is 2.34. The van der Waals surface area contributed by atoms with Gasteiger partial charge in [0, 0.05) is 17.7 Å². The number of pyridine rings is 1. The summed E-state index contributed by atoms with van der Waals surface area (Å²) >= 11 is 0. The third kappa shape index (κ3) is 2.88. The van der Waals surface area contributed by atoms with Gasteiger partial charge in [-0.25, -0.2) is 0 Å². The predicted octanol–water partition coefficient (Wildman–Crippen LogP) is 6.00. The van der Waals surface area contributed by atoms with Gasteiger partial charge in [0.05, 0.1) is 5.56 Å². The Morgan fingerprint density at radius 1 is 0.556 bits per heavy atom. The monoisotopic (exact) mass is 346 g/mol. The van der Waals surface area contributed by atoms with E-state index in [0.29, 0.717) is 0 Å². The van der Waals surface area contributed by atoms with Crippen LogP contribution in [0.15, 0.2) is 109 Å². The number of nitrogens with zero attached hydrogens (tertiary/aromatic N) is 1. The topological polar surface area (TPSA) is 3.88 Å². The first-order valence-electron chi connectivity index (χ1n) is 9.33. The molecule has 0 spiro atoms. The predicted molar refractivity (Wildman–Crippen MR) is 113 cm³/mol. The molecular formula is C26H20N+. The maximum atomic E-state index is 2.34. The van der Waals surface area contributed by atoms with Crippen molar-refractivity contribution in [1.29, 1.82) is 0 Å². The number of rotatable bonds is 3. The molecule has 27 heavy (non-hydrogen) atoms. The molecule has 0 saturated carbocycles. The number of benzene rings is 4. The van der Waals surface area contributed by atoms with Crippen LogP contribution < -0.4 is 4.57 Å². The number of aromatic nitrogens is 1. The van der Waals surface area contributed by atoms with Gasteiger partial charge in [0.2, 0.25) is 5.69 Å². The lowest BCUT2D eigenvalue weighted by atomic mass is 9.95. The van der Waals surface area contributed by atoms with Crippen LogP contribution in [0.1, 0.15) is 5.56 Å². The van der Waals surface area contributed by atoms with Crippen LogP contribution in [0, 0.1) is 0 Å². The quantitative estimate of drug-likeness (QED) is 0.279. The van der Waals surface area contributed by atoms with E-state index in [1.54, 1.807) is 0 Å². The second-order valence-electron chi connectivity index (χ2n) is 6.89. The van der Waals surface area contributed by atoms with Crippen molar-refractivity contribution in [2.24, 2.45) is 0 Å². The summed E-state index contributed by atoms with van der Waals surface area (Å²) in [7, 11) is 0. The van der Waals surface area contributed by atoms with E-state index < -0.39 is 0 Å². The molecule has 1 heterocycles. The van der Waals surface area contributed by atoms with Crippen LogP contribution in [0.25, 0.3) is 32.8 Å². The molecule has 5 aromatic rings. The van der Waals surface area contributed by atoms with Crippen molar-refractivity contribution in [2.75, 3.05) is 0 Å². The number of hydrogen-bond donors (Lipinski definition) is 0. The molecule has 0 N–H and O–H groups in total. The van der Waals surface area contributed by atoms with Gasteiger partial charge in [-0.2, -0.15) is 4.57 Å². The summed E-state index contributed by atoms with van der Waals surface area (Å²) in [6.07, 6.45) is 2.17. The SMILES string of the molecule is c1ccc(C[n+]2ccccc2-c2cc3ccccc3c3ccccc23)cc1. The van der Waals surface area contributed by atoms with E-state index in [4.69, 9.17) is 0 Å². The van der Waals surface area contributed by atoms with Crippen molar-refractivity contribution in [3.05, 3.63) is 115 Å². The number of fused-ring (bicyclic) bond motifs is 3. The molecule has 0 aliphatic carbocycles. The summed E-state index contributed by atoms with van der Waals surface area (Å²) in [4.78, 5) is 0. The molecule has 0 bridgehead atoms. The van der Waals surface area contributed by atoms with E-state index in [9.17, 15) is 0 Å². The highest BCUT2D eigenvalue weighted by Gasteiger charge is 2.17. The summed E-state index contributed by atoms with van der Waals surface area (Å²) in [6, 6.07) is 36.8. The Balaban J connectivity index is 1.76. The van der Waals surface area contributed by atoms with E-state index in [0.717, 1.165) is 6.54 Å². The largest absolute Gasteiger partial charge is 0.213 e. The Labute approximate surface area is 159 Å². The van der Waals surface area contributed by atoms with Crippen LogP contribution in [0.5, 0.6) is 0 Å².